The third-order valence-electron chi connectivity index (χ3n) is 3.08. The Morgan fingerprint density at radius 2 is 1.95 bits per heavy atom. The zero-order valence-corrected chi connectivity index (χ0v) is 13.8. The minimum absolute atomic E-state index is 0.0630. The number of rotatable bonds is 4. The summed E-state index contributed by atoms with van der Waals surface area (Å²) in [6, 6.07) is 11.2. The maximum atomic E-state index is 11.1. The fourth-order valence-corrected chi connectivity index (χ4v) is 2.39. The van der Waals surface area contributed by atoms with Crippen LogP contribution in [0.2, 0.25) is 0 Å². The molecular formula is C17H15BrO4. The van der Waals surface area contributed by atoms with Gasteiger partial charge in [0.1, 0.15) is 0 Å². The number of benzene rings is 2. The van der Waals surface area contributed by atoms with Crippen LogP contribution in [0.1, 0.15) is 5.56 Å². The first-order valence-electron chi connectivity index (χ1n) is 6.48. The van der Waals surface area contributed by atoms with Gasteiger partial charge in [0.15, 0.2) is 11.5 Å². The average Bonchev–Trinajstić information content (AvgIpc) is 2.55. The Morgan fingerprint density at radius 3 is 2.64 bits per heavy atom. The van der Waals surface area contributed by atoms with Gasteiger partial charge in [-0.25, -0.2) is 4.79 Å². The quantitative estimate of drug-likeness (QED) is 0.659. The second-order valence-corrected chi connectivity index (χ2v) is 5.35. The molecule has 2 rings (SSSR count). The molecular weight excluding hydrogens is 348 g/mol. The van der Waals surface area contributed by atoms with Crippen molar-refractivity contribution < 1.29 is 19.4 Å². The number of halogens is 1. The third kappa shape index (κ3) is 3.68. The molecule has 4 nitrogen and oxygen atoms in total. The number of phenolic OH excluding ortho intramolecular Hbond substituents is 1. The summed E-state index contributed by atoms with van der Waals surface area (Å²) in [7, 11) is 2.84. The van der Waals surface area contributed by atoms with Crippen molar-refractivity contribution >= 4 is 28.0 Å². The van der Waals surface area contributed by atoms with Crippen LogP contribution in [0.3, 0.4) is 0 Å². The molecule has 5 heteroatoms. The second-order valence-electron chi connectivity index (χ2n) is 4.49. The van der Waals surface area contributed by atoms with E-state index < -0.39 is 5.97 Å². The van der Waals surface area contributed by atoms with E-state index in [1.54, 1.807) is 18.2 Å². The average molecular weight is 363 g/mol. The van der Waals surface area contributed by atoms with Gasteiger partial charge in [-0.2, -0.15) is 0 Å². The molecule has 0 aromatic heterocycles. The number of carbonyl (C=O) groups excluding carboxylic acids is 1. The van der Waals surface area contributed by atoms with E-state index in [1.165, 1.54) is 20.3 Å². The van der Waals surface area contributed by atoms with Crippen molar-refractivity contribution in [2.24, 2.45) is 0 Å². The van der Waals surface area contributed by atoms with E-state index in [1.807, 2.05) is 24.3 Å². The van der Waals surface area contributed by atoms with Crippen LogP contribution in [-0.2, 0) is 9.53 Å². The third-order valence-corrected chi connectivity index (χ3v) is 3.69. The van der Waals surface area contributed by atoms with E-state index in [2.05, 4.69) is 20.7 Å². The van der Waals surface area contributed by atoms with Gasteiger partial charge in [0, 0.05) is 6.08 Å². The van der Waals surface area contributed by atoms with Gasteiger partial charge in [-0.15, -0.1) is 0 Å². The summed E-state index contributed by atoms with van der Waals surface area (Å²) in [5.74, 6) is 0.0484. The van der Waals surface area contributed by atoms with Crippen LogP contribution >= 0.6 is 15.9 Å². The van der Waals surface area contributed by atoms with Crippen molar-refractivity contribution in [2.45, 2.75) is 0 Å². The van der Waals surface area contributed by atoms with Crippen LogP contribution in [0, 0.1) is 0 Å². The molecule has 0 unspecified atom stereocenters. The highest BCUT2D eigenvalue weighted by atomic mass is 79.9. The lowest BCUT2D eigenvalue weighted by molar-refractivity contribution is -0.134. The number of methoxy groups -OCH3 is 2. The maximum absolute atomic E-state index is 11.1. The fraction of sp³-hybridized carbons (Fsp3) is 0.118. The molecule has 0 spiro atoms. The normalized spacial score (nSPS) is 10.7. The Kier molecular flexibility index (Phi) is 5.22. The largest absolute Gasteiger partial charge is 0.503 e. The number of hydrogen-bond acceptors (Lipinski definition) is 4. The summed E-state index contributed by atoms with van der Waals surface area (Å²) in [4.78, 5) is 11.1. The second kappa shape index (κ2) is 7.13. The molecule has 0 saturated heterocycles. The Hall–Kier alpha value is -2.27. The van der Waals surface area contributed by atoms with Gasteiger partial charge in [0.05, 0.1) is 18.7 Å². The molecule has 2 aromatic rings. The van der Waals surface area contributed by atoms with Gasteiger partial charge >= 0.3 is 5.97 Å². The summed E-state index contributed by atoms with van der Waals surface area (Å²) < 4.78 is 10.3. The number of carbonyl (C=O) groups is 1. The molecule has 114 valence electrons. The first-order valence-corrected chi connectivity index (χ1v) is 7.27. The molecule has 0 radical (unpaired) electrons. The van der Waals surface area contributed by atoms with Crippen molar-refractivity contribution in [2.75, 3.05) is 14.2 Å². The van der Waals surface area contributed by atoms with Gasteiger partial charge in [0.25, 0.3) is 0 Å². The van der Waals surface area contributed by atoms with Crippen LogP contribution in [0.4, 0.5) is 0 Å². The number of hydrogen-bond donors (Lipinski definition) is 1. The monoisotopic (exact) mass is 362 g/mol. The van der Waals surface area contributed by atoms with E-state index in [9.17, 15) is 9.90 Å². The van der Waals surface area contributed by atoms with Crippen LogP contribution in [0.15, 0.2) is 46.9 Å². The van der Waals surface area contributed by atoms with Crippen molar-refractivity contribution in [3.8, 4) is 22.6 Å². The van der Waals surface area contributed by atoms with Gasteiger partial charge < -0.3 is 14.6 Å². The summed E-state index contributed by atoms with van der Waals surface area (Å²) in [6.45, 7) is 0. The lowest BCUT2D eigenvalue weighted by atomic mass is 10.0. The Labute approximate surface area is 137 Å². The van der Waals surface area contributed by atoms with E-state index in [-0.39, 0.29) is 5.75 Å². The minimum Gasteiger partial charge on any atom is -0.503 e. The topological polar surface area (TPSA) is 55.8 Å². The molecule has 0 aliphatic rings. The fourth-order valence-electron chi connectivity index (χ4n) is 1.95. The molecule has 0 heterocycles. The predicted octanol–water partition coefficient (Wildman–Crippen LogP) is 4.02. The molecule has 2 aromatic carbocycles. The molecule has 22 heavy (non-hydrogen) atoms. The lowest BCUT2D eigenvalue weighted by Crippen LogP contribution is -1.93. The van der Waals surface area contributed by atoms with E-state index >= 15 is 0 Å². The first-order chi connectivity index (χ1) is 10.5. The minimum atomic E-state index is -0.403. The Morgan fingerprint density at radius 1 is 1.18 bits per heavy atom. The highest BCUT2D eigenvalue weighted by Crippen LogP contribution is 2.38. The van der Waals surface area contributed by atoms with Gasteiger partial charge in [-0.1, -0.05) is 18.2 Å². The molecule has 0 aliphatic heterocycles. The van der Waals surface area contributed by atoms with Crippen LogP contribution < -0.4 is 4.74 Å². The number of phenols is 1. The van der Waals surface area contributed by atoms with E-state index in [0.29, 0.717) is 10.2 Å². The van der Waals surface area contributed by atoms with Crippen LogP contribution in [0.5, 0.6) is 11.5 Å². The number of esters is 1. The molecule has 0 saturated carbocycles. The zero-order valence-electron chi connectivity index (χ0n) is 12.2. The first kappa shape index (κ1) is 16.1. The van der Waals surface area contributed by atoms with Gasteiger partial charge in [-0.05, 0) is 56.9 Å². The maximum Gasteiger partial charge on any atom is 0.330 e. The van der Waals surface area contributed by atoms with Crippen LogP contribution in [0.25, 0.3) is 17.2 Å². The number of aromatic hydroxyl groups is 1. The van der Waals surface area contributed by atoms with Crippen molar-refractivity contribution in [1.29, 1.82) is 0 Å². The Balaban J connectivity index is 2.40. The highest BCUT2D eigenvalue weighted by Gasteiger charge is 2.10. The van der Waals surface area contributed by atoms with E-state index in [0.717, 1.165) is 16.7 Å². The van der Waals surface area contributed by atoms with Crippen molar-refractivity contribution in [1.82, 2.24) is 0 Å². The molecule has 1 N–H and O–H groups in total. The van der Waals surface area contributed by atoms with Crippen molar-refractivity contribution in [3.63, 3.8) is 0 Å². The Bertz CT molecular complexity index is 723. The molecule has 0 bridgehead atoms. The molecule has 0 atom stereocenters. The van der Waals surface area contributed by atoms with Crippen LogP contribution in [-0.4, -0.2) is 25.3 Å². The molecule has 0 fully saturated rings. The smallest absolute Gasteiger partial charge is 0.330 e. The van der Waals surface area contributed by atoms with Gasteiger partial charge in [0.2, 0.25) is 0 Å². The van der Waals surface area contributed by atoms with E-state index in [4.69, 9.17) is 4.74 Å². The van der Waals surface area contributed by atoms with Gasteiger partial charge in [-0.3, -0.25) is 0 Å². The number of ether oxygens (including phenoxy) is 2. The molecule has 0 aliphatic carbocycles. The summed E-state index contributed by atoms with van der Waals surface area (Å²) in [5.41, 5.74) is 2.69. The lowest BCUT2D eigenvalue weighted by Gasteiger charge is -2.09. The summed E-state index contributed by atoms with van der Waals surface area (Å²) in [5, 5.41) is 9.86. The standard InChI is InChI=1S/C17H15BrO4/c1-21-15-10-13(9-14(18)17(15)20)12-5-3-4-11(8-12)6-7-16(19)22-2/h3-10,20H,1-2H3. The molecule has 0 amide bonds. The summed E-state index contributed by atoms with van der Waals surface area (Å²) in [6.07, 6.45) is 3.05. The summed E-state index contributed by atoms with van der Waals surface area (Å²) >= 11 is 3.31. The predicted molar refractivity (Wildman–Crippen MR) is 88.8 cm³/mol. The highest BCUT2D eigenvalue weighted by molar-refractivity contribution is 9.10. The SMILES string of the molecule is COC(=O)C=Cc1cccc(-c2cc(Br)c(O)c(OC)c2)c1. The zero-order chi connectivity index (χ0) is 16.1. The van der Waals surface area contributed by atoms with Crippen molar-refractivity contribution in [3.05, 3.63) is 52.5 Å².